The molecule has 0 spiro atoms. The number of sulfonamides is 1. The summed E-state index contributed by atoms with van der Waals surface area (Å²) in [6, 6.07) is 17.4. The first-order valence-electron chi connectivity index (χ1n) is 11.6. The topological polar surface area (TPSA) is 122 Å². The molecule has 4 aromatic rings. The van der Waals surface area contributed by atoms with Gasteiger partial charge in [0.05, 0.1) is 11.2 Å². The minimum atomic E-state index is -3.93. The fourth-order valence-electron chi connectivity index (χ4n) is 4.39. The highest BCUT2D eigenvalue weighted by Crippen LogP contribution is 2.26. The lowest BCUT2D eigenvalue weighted by molar-refractivity contribution is 0.0746. The standard InChI is InChI=1S/C26H26N6O3S/c27-18-21-17-20(26(33)32-15-13-31(14-16-32)22-8-11-28-12-9-22)6-7-23(21)30-36(34,35)24-5-1-3-19-4-2-10-29-25(19)24/h1-12,17,30H,13-16,18,27H2. The van der Waals surface area contributed by atoms with E-state index in [1.165, 1.54) is 6.07 Å². The number of anilines is 2. The van der Waals surface area contributed by atoms with Crippen LogP contribution in [0.2, 0.25) is 0 Å². The van der Waals surface area contributed by atoms with Crippen LogP contribution >= 0.6 is 0 Å². The first-order valence-corrected chi connectivity index (χ1v) is 13.1. The predicted molar refractivity (Wildman–Crippen MR) is 139 cm³/mol. The zero-order valence-electron chi connectivity index (χ0n) is 19.5. The van der Waals surface area contributed by atoms with Gasteiger partial charge < -0.3 is 15.5 Å². The summed E-state index contributed by atoms with van der Waals surface area (Å²) in [4.78, 5) is 25.6. The molecule has 0 unspecified atom stereocenters. The number of carbonyl (C=O) groups excluding carboxylic acids is 1. The molecule has 0 saturated carbocycles. The Hall–Kier alpha value is -4.02. The summed E-state index contributed by atoms with van der Waals surface area (Å²) >= 11 is 0. The number of nitrogens with one attached hydrogen (secondary N) is 1. The monoisotopic (exact) mass is 502 g/mol. The molecule has 3 heterocycles. The Balaban J connectivity index is 1.33. The number of amides is 1. The molecule has 0 atom stereocenters. The number of hydrogen-bond donors (Lipinski definition) is 2. The van der Waals surface area contributed by atoms with Gasteiger partial charge in [0, 0.05) is 68.0 Å². The summed E-state index contributed by atoms with van der Waals surface area (Å²) in [7, 11) is -3.93. The maximum Gasteiger partial charge on any atom is 0.264 e. The Bertz CT molecular complexity index is 1500. The van der Waals surface area contributed by atoms with Crippen LogP contribution in [-0.4, -0.2) is 55.4 Å². The quantitative estimate of drug-likeness (QED) is 0.416. The van der Waals surface area contributed by atoms with Gasteiger partial charge in [0.1, 0.15) is 4.90 Å². The number of fused-ring (bicyclic) bond motifs is 1. The molecule has 2 aromatic carbocycles. The van der Waals surface area contributed by atoms with Crippen molar-refractivity contribution >= 4 is 38.2 Å². The minimum absolute atomic E-state index is 0.0720. The van der Waals surface area contributed by atoms with E-state index in [-0.39, 0.29) is 17.3 Å². The van der Waals surface area contributed by atoms with E-state index in [1.807, 2.05) is 24.3 Å². The maximum absolute atomic E-state index is 13.2. The van der Waals surface area contributed by atoms with Crippen LogP contribution in [0.3, 0.4) is 0 Å². The predicted octanol–water partition coefficient (Wildman–Crippen LogP) is 2.85. The molecule has 3 N–H and O–H groups in total. The molecular formula is C26H26N6O3S. The summed E-state index contributed by atoms with van der Waals surface area (Å²) in [5.41, 5.74) is 8.76. The Kier molecular flexibility index (Phi) is 6.53. The van der Waals surface area contributed by atoms with Gasteiger partial charge in [-0.3, -0.25) is 19.5 Å². The second kappa shape index (κ2) is 9.92. The molecule has 5 rings (SSSR count). The molecule has 0 radical (unpaired) electrons. The molecular weight excluding hydrogens is 476 g/mol. The summed E-state index contributed by atoms with van der Waals surface area (Å²) in [5, 5.41) is 0.726. The van der Waals surface area contributed by atoms with Crippen molar-refractivity contribution in [3.8, 4) is 0 Å². The molecule has 2 aromatic heterocycles. The number of nitrogens with zero attached hydrogens (tertiary/aromatic N) is 4. The van der Waals surface area contributed by atoms with Gasteiger partial charge in [0.25, 0.3) is 15.9 Å². The van der Waals surface area contributed by atoms with Gasteiger partial charge in [0.2, 0.25) is 0 Å². The largest absolute Gasteiger partial charge is 0.368 e. The van der Waals surface area contributed by atoms with Crippen LogP contribution in [0.5, 0.6) is 0 Å². The van der Waals surface area contributed by atoms with Crippen molar-refractivity contribution in [1.82, 2.24) is 14.9 Å². The van der Waals surface area contributed by atoms with Crippen LogP contribution in [0.1, 0.15) is 15.9 Å². The maximum atomic E-state index is 13.2. The number of nitrogens with two attached hydrogens (primary N) is 1. The van der Waals surface area contributed by atoms with Gasteiger partial charge in [-0.05, 0) is 48.0 Å². The minimum Gasteiger partial charge on any atom is -0.368 e. The van der Waals surface area contributed by atoms with Crippen molar-refractivity contribution < 1.29 is 13.2 Å². The Morgan fingerprint density at radius 2 is 1.69 bits per heavy atom. The number of piperazine rings is 1. The zero-order valence-corrected chi connectivity index (χ0v) is 20.4. The SMILES string of the molecule is NCc1cc(C(=O)N2CCN(c3ccncc3)CC2)ccc1NS(=O)(=O)c1cccc2cccnc12. The highest BCUT2D eigenvalue weighted by molar-refractivity contribution is 7.93. The number of pyridine rings is 2. The average molecular weight is 503 g/mol. The van der Waals surface area contributed by atoms with Crippen LogP contribution in [0.25, 0.3) is 10.9 Å². The normalized spacial score (nSPS) is 14.1. The lowest BCUT2D eigenvalue weighted by Gasteiger charge is -2.36. The zero-order chi connectivity index (χ0) is 25.1. The van der Waals surface area contributed by atoms with Crippen LogP contribution in [-0.2, 0) is 16.6 Å². The number of benzene rings is 2. The number of aromatic nitrogens is 2. The third-order valence-electron chi connectivity index (χ3n) is 6.30. The average Bonchev–Trinajstić information content (AvgIpc) is 2.93. The molecule has 10 heteroatoms. The van der Waals surface area contributed by atoms with E-state index in [2.05, 4.69) is 19.6 Å². The van der Waals surface area contributed by atoms with Gasteiger partial charge in [0.15, 0.2) is 0 Å². The fraction of sp³-hybridized carbons (Fsp3) is 0.192. The van der Waals surface area contributed by atoms with E-state index in [0.717, 1.165) is 24.2 Å². The third-order valence-corrected chi connectivity index (χ3v) is 7.69. The van der Waals surface area contributed by atoms with E-state index in [9.17, 15) is 13.2 Å². The molecule has 1 amide bonds. The van der Waals surface area contributed by atoms with Crippen molar-refractivity contribution in [3.05, 3.63) is 90.4 Å². The van der Waals surface area contributed by atoms with E-state index in [0.29, 0.717) is 35.4 Å². The van der Waals surface area contributed by atoms with Crippen LogP contribution in [0, 0.1) is 0 Å². The van der Waals surface area contributed by atoms with Crippen LogP contribution in [0.15, 0.2) is 84.1 Å². The molecule has 1 aliphatic heterocycles. The molecule has 1 aliphatic rings. The molecule has 184 valence electrons. The lowest BCUT2D eigenvalue weighted by Crippen LogP contribution is -2.48. The molecule has 9 nitrogen and oxygen atoms in total. The number of rotatable bonds is 6. The molecule has 36 heavy (non-hydrogen) atoms. The van der Waals surface area contributed by atoms with E-state index in [1.54, 1.807) is 53.8 Å². The summed E-state index contributed by atoms with van der Waals surface area (Å²) in [6.07, 6.45) is 5.07. The van der Waals surface area contributed by atoms with E-state index in [4.69, 9.17) is 5.73 Å². The van der Waals surface area contributed by atoms with Crippen molar-refractivity contribution in [2.45, 2.75) is 11.4 Å². The summed E-state index contributed by atoms with van der Waals surface area (Å²) in [6.45, 7) is 2.68. The lowest BCUT2D eigenvalue weighted by atomic mass is 10.1. The van der Waals surface area contributed by atoms with Crippen LogP contribution in [0.4, 0.5) is 11.4 Å². The van der Waals surface area contributed by atoms with Gasteiger partial charge in [-0.1, -0.05) is 18.2 Å². The molecule has 0 bridgehead atoms. The van der Waals surface area contributed by atoms with Gasteiger partial charge in [-0.25, -0.2) is 8.42 Å². The highest BCUT2D eigenvalue weighted by Gasteiger charge is 2.24. The highest BCUT2D eigenvalue weighted by atomic mass is 32.2. The number of hydrogen-bond acceptors (Lipinski definition) is 7. The smallest absolute Gasteiger partial charge is 0.264 e. The Morgan fingerprint density at radius 1 is 0.944 bits per heavy atom. The van der Waals surface area contributed by atoms with Crippen LogP contribution < -0.4 is 15.4 Å². The van der Waals surface area contributed by atoms with Crippen molar-refractivity contribution in [2.75, 3.05) is 35.8 Å². The number of para-hydroxylation sites is 1. The Labute approximate surface area is 209 Å². The Morgan fingerprint density at radius 3 is 2.44 bits per heavy atom. The number of carbonyl (C=O) groups is 1. The first kappa shape index (κ1) is 23.7. The van der Waals surface area contributed by atoms with Crippen molar-refractivity contribution in [1.29, 1.82) is 0 Å². The van der Waals surface area contributed by atoms with E-state index < -0.39 is 10.0 Å². The molecule has 1 fully saturated rings. The van der Waals surface area contributed by atoms with Crippen molar-refractivity contribution in [3.63, 3.8) is 0 Å². The third kappa shape index (κ3) is 4.73. The molecule has 0 aliphatic carbocycles. The van der Waals surface area contributed by atoms with E-state index >= 15 is 0 Å². The van der Waals surface area contributed by atoms with Gasteiger partial charge in [-0.2, -0.15) is 0 Å². The van der Waals surface area contributed by atoms with Gasteiger partial charge in [-0.15, -0.1) is 0 Å². The first-order chi connectivity index (χ1) is 17.5. The molecule has 1 saturated heterocycles. The second-order valence-electron chi connectivity index (χ2n) is 8.50. The summed E-state index contributed by atoms with van der Waals surface area (Å²) < 4.78 is 29.1. The summed E-state index contributed by atoms with van der Waals surface area (Å²) in [5.74, 6) is -0.105. The second-order valence-corrected chi connectivity index (χ2v) is 10.1. The fourth-order valence-corrected chi connectivity index (χ4v) is 5.67. The van der Waals surface area contributed by atoms with Crippen molar-refractivity contribution in [2.24, 2.45) is 5.73 Å². The van der Waals surface area contributed by atoms with Gasteiger partial charge >= 0.3 is 0 Å².